The standard InChI is InChI=1S/C17H21N3O3/c1-17(2)12-20(14-6-4-5-7-15(14)23-17)16(21)11-22-10-13-8-9-18-19(13)3/h4-9H,10-12H2,1-3H3. The molecule has 1 aromatic heterocycles. The molecular formula is C17H21N3O3. The number of carbonyl (C=O) groups is 1. The predicted octanol–water partition coefficient (Wildman–Crippen LogP) is 2.14. The minimum atomic E-state index is -0.425. The lowest BCUT2D eigenvalue weighted by Crippen LogP contribution is -2.50. The van der Waals surface area contributed by atoms with Crippen LogP contribution >= 0.6 is 0 Å². The van der Waals surface area contributed by atoms with E-state index in [1.165, 1.54) is 0 Å². The lowest BCUT2D eigenvalue weighted by Gasteiger charge is -2.39. The normalized spacial score (nSPS) is 15.9. The van der Waals surface area contributed by atoms with E-state index in [9.17, 15) is 4.79 Å². The molecule has 23 heavy (non-hydrogen) atoms. The smallest absolute Gasteiger partial charge is 0.253 e. The largest absolute Gasteiger partial charge is 0.484 e. The number of para-hydroxylation sites is 2. The van der Waals surface area contributed by atoms with Gasteiger partial charge in [-0.3, -0.25) is 9.48 Å². The number of hydrogen-bond donors (Lipinski definition) is 0. The molecule has 6 nitrogen and oxygen atoms in total. The Morgan fingerprint density at radius 2 is 2.13 bits per heavy atom. The predicted molar refractivity (Wildman–Crippen MR) is 86.4 cm³/mol. The Labute approximate surface area is 135 Å². The molecule has 1 aromatic carbocycles. The molecule has 2 heterocycles. The molecule has 122 valence electrons. The molecule has 0 saturated heterocycles. The Bertz CT molecular complexity index is 709. The van der Waals surface area contributed by atoms with E-state index in [4.69, 9.17) is 9.47 Å². The van der Waals surface area contributed by atoms with E-state index < -0.39 is 5.60 Å². The molecule has 0 aliphatic carbocycles. The van der Waals surface area contributed by atoms with E-state index in [2.05, 4.69) is 5.10 Å². The summed E-state index contributed by atoms with van der Waals surface area (Å²) in [5, 5.41) is 4.08. The summed E-state index contributed by atoms with van der Waals surface area (Å²) in [5.41, 5.74) is 1.30. The Morgan fingerprint density at radius 1 is 1.35 bits per heavy atom. The molecule has 0 unspecified atom stereocenters. The van der Waals surface area contributed by atoms with Crippen molar-refractivity contribution in [2.24, 2.45) is 7.05 Å². The summed E-state index contributed by atoms with van der Waals surface area (Å²) in [5.74, 6) is 0.653. The van der Waals surface area contributed by atoms with Gasteiger partial charge in [-0.2, -0.15) is 5.10 Å². The third kappa shape index (κ3) is 3.37. The maximum atomic E-state index is 12.6. The second kappa shape index (κ2) is 6.04. The summed E-state index contributed by atoms with van der Waals surface area (Å²) in [6, 6.07) is 9.45. The number of nitrogens with zero attached hydrogens (tertiary/aromatic N) is 3. The number of benzene rings is 1. The van der Waals surface area contributed by atoms with Gasteiger partial charge in [0.05, 0.1) is 24.5 Å². The number of ether oxygens (including phenoxy) is 2. The van der Waals surface area contributed by atoms with Crippen LogP contribution in [0.4, 0.5) is 5.69 Å². The second-order valence-electron chi connectivity index (χ2n) is 6.25. The summed E-state index contributed by atoms with van der Waals surface area (Å²) >= 11 is 0. The third-order valence-electron chi connectivity index (χ3n) is 3.78. The molecule has 0 N–H and O–H groups in total. The van der Waals surface area contributed by atoms with Gasteiger partial charge in [0.25, 0.3) is 5.91 Å². The van der Waals surface area contributed by atoms with Gasteiger partial charge in [-0.25, -0.2) is 0 Å². The molecule has 3 rings (SSSR count). The van der Waals surface area contributed by atoms with Crippen molar-refractivity contribution in [3.63, 3.8) is 0 Å². The first-order valence-electron chi connectivity index (χ1n) is 7.59. The van der Waals surface area contributed by atoms with Gasteiger partial charge in [0, 0.05) is 13.2 Å². The molecule has 0 saturated carbocycles. The van der Waals surface area contributed by atoms with E-state index in [0.717, 1.165) is 17.1 Å². The molecule has 2 aromatic rings. The highest BCUT2D eigenvalue weighted by Gasteiger charge is 2.34. The third-order valence-corrected chi connectivity index (χ3v) is 3.78. The molecule has 0 fully saturated rings. The monoisotopic (exact) mass is 315 g/mol. The van der Waals surface area contributed by atoms with Gasteiger partial charge in [-0.1, -0.05) is 12.1 Å². The quantitative estimate of drug-likeness (QED) is 0.867. The topological polar surface area (TPSA) is 56.6 Å². The van der Waals surface area contributed by atoms with Gasteiger partial charge in [0.1, 0.15) is 18.0 Å². The molecule has 0 bridgehead atoms. The Balaban J connectivity index is 1.68. The van der Waals surface area contributed by atoms with Crippen LogP contribution in [0.3, 0.4) is 0 Å². The van der Waals surface area contributed by atoms with E-state index in [1.807, 2.05) is 51.2 Å². The minimum Gasteiger partial charge on any atom is -0.484 e. The molecule has 1 aliphatic heterocycles. The number of rotatable bonds is 4. The van der Waals surface area contributed by atoms with Crippen molar-refractivity contribution in [2.75, 3.05) is 18.1 Å². The highest BCUT2D eigenvalue weighted by molar-refractivity contribution is 5.96. The molecule has 6 heteroatoms. The minimum absolute atomic E-state index is 0.0234. The maximum Gasteiger partial charge on any atom is 0.253 e. The van der Waals surface area contributed by atoms with E-state index in [1.54, 1.807) is 15.8 Å². The Kier molecular flexibility index (Phi) is 4.09. The van der Waals surface area contributed by atoms with Crippen molar-refractivity contribution in [1.29, 1.82) is 0 Å². The highest BCUT2D eigenvalue weighted by atomic mass is 16.5. The summed E-state index contributed by atoms with van der Waals surface area (Å²) in [4.78, 5) is 14.3. The number of fused-ring (bicyclic) bond motifs is 1. The van der Waals surface area contributed by atoms with Crippen LogP contribution in [0.25, 0.3) is 0 Å². The van der Waals surface area contributed by atoms with E-state index >= 15 is 0 Å². The van der Waals surface area contributed by atoms with Crippen LogP contribution in [0.5, 0.6) is 5.75 Å². The SMILES string of the molecule is Cn1nccc1COCC(=O)N1CC(C)(C)Oc2ccccc21. The van der Waals surface area contributed by atoms with Gasteiger partial charge in [0.2, 0.25) is 0 Å². The number of amides is 1. The van der Waals surface area contributed by atoms with Crippen LogP contribution in [0.15, 0.2) is 36.5 Å². The Hall–Kier alpha value is -2.34. The first-order valence-corrected chi connectivity index (χ1v) is 7.59. The van der Waals surface area contributed by atoms with Crippen molar-refractivity contribution in [2.45, 2.75) is 26.1 Å². The van der Waals surface area contributed by atoms with Crippen molar-refractivity contribution >= 4 is 11.6 Å². The molecule has 0 spiro atoms. The lowest BCUT2D eigenvalue weighted by atomic mass is 10.1. The van der Waals surface area contributed by atoms with Crippen molar-refractivity contribution in [1.82, 2.24) is 9.78 Å². The summed E-state index contributed by atoms with van der Waals surface area (Å²) in [7, 11) is 1.85. The van der Waals surface area contributed by atoms with Gasteiger partial charge in [0.15, 0.2) is 0 Å². The number of carbonyl (C=O) groups excluding carboxylic acids is 1. The van der Waals surface area contributed by atoms with Crippen LogP contribution in [0.1, 0.15) is 19.5 Å². The lowest BCUT2D eigenvalue weighted by molar-refractivity contribution is -0.124. The molecule has 0 radical (unpaired) electrons. The molecule has 1 amide bonds. The van der Waals surface area contributed by atoms with Crippen molar-refractivity contribution in [3.05, 3.63) is 42.2 Å². The van der Waals surface area contributed by atoms with Crippen molar-refractivity contribution in [3.8, 4) is 5.75 Å². The first-order chi connectivity index (χ1) is 11.0. The highest BCUT2D eigenvalue weighted by Crippen LogP contribution is 2.36. The van der Waals surface area contributed by atoms with Gasteiger partial charge in [-0.15, -0.1) is 0 Å². The fourth-order valence-corrected chi connectivity index (χ4v) is 2.65. The van der Waals surface area contributed by atoms with Gasteiger partial charge >= 0.3 is 0 Å². The zero-order chi connectivity index (χ0) is 16.4. The maximum absolute atomic E-state index is 12.6. The molecule has 1 aliphatic rings. The molecular weight excluding hydrogens is 294 g/mol. The number of aromatic nitrogens is 2. The number of aryl methyl sites for hydroxylation is 1. The van der Waals surface area contributed by atoms with Gasteiger partial charge < -0.3 is 14.4 Å². The van der Waals surface area contributed by atoms with Crippen LogP contribution in [0, 0.1) is 0 Å². The van der Waals surface area contributed by atoms with Crippen LogP contribution < -0.4 is 9.64 Å². The van der Waals surface area contributed by atoms with E-state index in [-0.39, 0.29) is 12.5 Å². The summed E-state index contributed by atoms with van der Waals surface area (Å²) < 4.78 is 13.2. The van der Waals surface area contributed by atoms with E-state index in [0.29, 0.717) is 13.2 Å². The zero-order valence-corrected chi connectivity index (χ0v) is 13.7. The first kappa shape index (κ1) is 15.6. The van der Waals surface area contributed by atoms with Crippen LogP contribution in [-0.2, 0) is 23.2 Å². The number of hydrogen-bond acceptors (Lipinski definition) is 4. The summed E-state index contributed by atoms with van der Waals surface area (Å²) in [6.45, 7) is 4.82. The molecule has 0 atom stereocenters. The average molecular weight is 315 g/mol. The zero-order valence-electron chi connectivity index (χ0n) is 13.7. The van der Waals surface area contributed by atoms with Crippen molar-refractivity contribution < 1.29 is 14.3 Å². The summed E-state index contributed by atoms with van der Waals surface area (Å²) in [6.07, 6.45) is 1.71. The average Bonchev–Trinajstić information content (AvgIpc) is 2.91. The number of anilines is 1. The van der Waals surface area contributed by atoms with Gasteiger partial charge in [-0.05, 0) is 32.0 Å². The fraction of sp³-hybridized carbons (Fsp3) is 0.412. The Morgan fingerprint density at radius 3 is 2.87 bits per heavy atom. The van der Waals surface area contributed by atoms with Crippen LogP contribution in [-0.4, -0.2) is 34.4 Å². The second-order valence-corrected chi connectivity index (χ2v) is 6.25. The fourth-order valence-electron chi connectivity index (χ4n) is 2.65. The van der Waals surface area contributed by atoms with Crippen LogP contribution in [0.2, 0.25) is 0 Å².